The molecule has 1 aromatic carbocycles. The molecule has 0 aliphatic heterocycles. The highest BCUT2D eigenvalue weighted by Crippen LogP contribution is 2.21. The lowest BCUT2D eigenvalue weighted by molar-refractivity contribution is -0.143. The first-order valence-corrected chi connectivity index (χ1v) is 7.14. The maximum atomic E-state index is 11.9. The number of carbonyl (C=O) groups excluding carboxylic acids is 2. The monoisotopic (exact) mass is 356 g/mol. The normalized spacial score (nSPS) is 13.2. The van der Waals surface area contributed by atoms with Gasteiger partial charge in [-0.15, -0.1) is 0 Å². The predicted molar refractivity (Wildman–Crippen MR) is 80.6 cm³/mol. The first-order valence-electron chi connectivity index (χ1n) is 6.35. The van der Waals surface area contributed by atoms with Crippen molar-refractivity contribution in [3.63, 3.8) is 0 Å². The largest absolute Gasteiger partial charge is 0.480 e. The average molecular weight is 357 g/mol. The molecule has 2 atom stereocenters. The van der Waals surface area contributed by atoms with Crippen LogP contribution in [0, 0.1) is 0 Å². The third-order valence-electron chi connectivity index (χ3n) is 2.97. The van der Waals surface area contributed by atoms with Gasteiger partial charge in [-0.3, -0.25) is 9.59 Å². The van der Waals surface area contributed by atoms with Crippen molar-refractivity contribution >= 4 is 33.7 Å². The van der Waals surface area contributed by atoms with Crippen LogP contribution in [0.5, 0.6) is 0 Å². The number of benzene rings is 1. The van der Waals surface area contributed by atoms with Crippen molar-refractivity contribution in [2.24, 2.45) is 5.73 Å². The van der Waals surface area contributed by atoms with E-state index in [2.05, 4.69) is 21.2 Å². The van der Waals surface area contributed by atoms with Crippen LogP contribution in [0.3, 0.4) is 0 Å². The van der Waals surface area contributed by atoms with Crippen molar-refractivity contribution < 1.29 is 19.5 Å². The Morgan fingerprint density at radius 1 is 1.24 bits per heavy atom. The smallest absolute Gasteiger partial charge is 0.326 e. The molecule has 4 N–H and O–H groups in total. The molecule has 0 saturated carbocycles. The number of halogens is 1. The summed E-state index contributed by atoms with van der Waals surface area (Å²) in [5.41, 5.74) is 5.92. The summed E-state index contributed by atoms with van der Waals surface area (Å²) in [4.78, 5) is 33.6. The SMILES string of the molecule is CC(CC(=O)N[C@@H](CC(N)=O)C(=O)O)c1ccc(Br)cc1. The Hall–Kier alpha value is -1.89. The molecular formula is C14H17BrN2O4. The van der Waals surface area contributed by atoms with Gasteiger partial charge in [0.1, 0.15) is 6.04 Å². The van der Waals surface area contributed by atoms with Crippen molar-refractivity contribution in [2.45, 2.75) is 31.7 Å². The minimum atomic E-state index is -1.29. The molecule has 1 rings (SSSR count). The lowest BCUT2D eigenvalue weighted by Gasteiger charge is -2.16. The molecule has 1 aromatic rings. The lowest BCUT2D eigenvalue weighted by atomic mass is 9.97. The minimum absolute atomic E-state index is 0.0684. The fraction of sp³-hybridized carbons (Fsp3) is 0.357. The summed E-state index contributed by atoms with van der Waals surface area (Å²) in [5.74, 6) is -2.55. The van der Waals surface area contributed by atoms with E-state index in [1.54, 1.807) is 0 Å². The highest BCUT2D eigenvalue weighted by Gasteiger charge is 2.23. The van der Waals surface area contributed by atoms with Crippen LogP contribution in [0.2, 0.25) is 0 Å². The van der Waals surface area contributed by atoms with E-state index in [1.807, 2.05) is 31.2 Å². The topological polar surface area (TPSA) is 109 Å². The van der Waals surface area contributed by atoms with Gasteiger partial charge in [0.25, 0.3) is 0 Å². The third-order valence-corrected chi connectivity index (χ3v) is 3.50. The average Bonchev–Trinajstić information content (AvgIpc) is 2.37. The fourth-order valence-electron chi connectivity index (χ4n) is 1.84. The number of carbonyl (C=O) groups is 3. The van der Waals surface area contributed by atoms with Gasteiger partial charge in [0.15, 0.2) is 0 Å². The summed E-state index contributed by atoms with van der Waals surface area (Å²) in [7, 11) is 0. The molecule has 0 aromatic heterocycles. The molecule has 7 heteroatoms. The number of hydrogen-bond acceptors (Lipinski definition) is 3. The van der Waals surface area contributed by atoms with E-state index in [9.17, 15) is 14.4 Å². The van der Waals surface area contributed by atoms with Gasteiger partial charge >= 0.3 is 5.97 Å². The zero-order valence-electron chi connectivity index (χ0n) is 11.5. The van der Waals surface area contributed by atoms with Crippen LogP contribution < -0.4 is 11.1 Å². The predicted octanol–water partition coefficient (Wildman–Crippen LogP) is 1.39. The van der Waals surface area contributed by atoms with Gasteiger partial charge in [-0.05, 0) is 23.6 Å². The van der Waals surface area contributed by atoms with Crippen molar-refractivity contribution in [1.82, 2.24) is 5.32 Å². The molecule has 1 unspecified atom stereocenters. The van der Waals surface area contributed by atoms with Gasteiger partial charge in [0, 0.05) is 10.9 Å². The van der Waals surface area contributed by atoms with Gasteiger partial charge in [-0.2, -0.15) is 0 Å². The highest BCUT2D eigenvalue weighted by molar-refractivity contribution is 9.10. The number of nitrogens with one attached hydrogen (secondary N) is 1. The summed E-state index contributed by atoms with van der Waals surface area (Å²) in [5, 5.41) is 11.2. The number of hydrogen-bond donors (Lipinski definition) is 3. The second-order valence-electron chi connectivity index (χ2n) is 4.79. The molecular weight excluding hydrogens is 340 g/mol. The van der Waals surface area contributed by atoms with Crippen LogP contribution in [0.15, 0.2) is 28.7 Å². The van der Waals surface area contributed by atoms with Crippen molar-refractivity contribution in [3.8, 4) is 0 Å². The number of rotatable bonds is 7. The highest BCUT2D eigenvalue weighted by atomic mass is 79.9. The summed E-state index contributed by atoms with van der Waals surface area (Å²) in [6.07, 6.45) is -0.294. The maximum absolute atomic E-state index is 11.9. The molecule has 21 heavy (non-hydrogen) atoms. The number of nitrogens with two attached hydrogens (primary N) is 1. The third kappa shape index (κ3) is 5.95. The zero-order chi connectivity index (χ0) is 16.0. The van der Waals surface area contributed by atoms with Gasteiger partial charge in [-0.25, -0.2) is 4.79 Å². The molecule has 0 aliphatic carbocycles. The van der Waals surface area contributed by atoms with Crippen molar-refractivity contribution in [3.05, 3.63) is 34.3 Å². The number of carboxylic acid groups (broad SMARTS) is 1. The van der Waals surface area contributed by atoms with Crippen molar-refractivity contribution in [1.29, 1.82) is 0 Å². The first kappa shape index (κ1) is 17.2. The summed E-state index contributed by atoms with van der Waals surface area (Å²) >= 11 is 3.33. The quantitative estimate of drug-likeness (QED) is 0.685. The fourth-order valence-corrected chi connectivity index (χ4v) is 2.11. The van der Waals surface area contributed by atoms with Crippen LogP contribution in [0.4, 0.5) is 0 Å². The number of amides is 2. The Morgan fingerprint density at radius 3 is 2.29 bits per heavy atom. The molecule has 0 heterocycles. The van der Waals surface area contributed by atoms with Gasteiger partial charge in [0.05, 0.1) is 6.42 Å². The van der Waals surface area contributed by atoms with E-state index in [-0.39, 0.29) is 12.3 Å². The Kier molecular flexibility index (Phi) is 6.36. The van der Waals surface area contributed by atoms with Crippen LogP contribution in [-0.2, 0) is 14.4 Å². The molecule has 0 radical (unpaired) electrons. The second kappa shape index (κ2) is 7.78. The van der Waals surface area contributed by atoms with Gasteiger partial charge in [0.2, 0.25) is 11.8 Å². The van der Waals surface area contributed by atoms with Crippen molar-refractivity contribution in [2.75, 3.05) is 0 Å². The molecule has 2 amide bonds. The molecule has 6 nitrogen and oxygen atoms in total. The van der Waals surface area contributed by atoms with E-state index >= 15 is 0 Å². The summed E-state index contributed by atoms with van der Waals surface area (Å²) in [6, 6.07) is 6.24. The molecule has 0 saturated heterocycles. The van der Waals surface area contributed by atoms with Crippen LogP contribution in [-0.4, -0.2) is 28.9 Å². The van der Waals surface area contributed by atoms with Crippen LogP contribution in [0.1, 0.15) is 31.2 Å². The molecule has 0 bridgehead atoms. The van der Waals surface area contributed by atoms with Crippen LogP contribution >= 0.6 is 15.9 Å². The second-order valence-corrected chi connectivity index (χ2v) is 5.70. The van der Waals surface area contributed by atoms with Gasteiger partial charge < -0.3 is 16.2 Å². The molecule has 114 valence electrons. The number of carboxylic acids is 1. The lowest BCUT2D eigenvalue weighted by Crippen LogP contribution is -2.43. The van der Waals surface area contributed by atoms with E-state index in [4.69, 9.17) is 10.8 Å². The first-order chi connectivity index (χ1) is 9.79. The summed E-state index contributed by atoms with van der Waals surface area (Å²) in [6.45, 7) is 1.87. The number of aliphatic carboxylic acids is 1. The standard InChI is InChI=1S/C14H17BrN2O4/c1-8(9-2-4-10(15)5-3-9)6-13(19)17-11(14(20)21)7-12(16)18/h2-5,8,11H,6-7H2,1H3,(H2,16,18)(H,17,19)(H,20,21)/t8?,11-/m0/s1. The van der Waals surface area contributed by atoms with Gasteiger partial charge in [-0.1, -0.05) is 35.0 Å². The Balaban J connectivity index is 2.61. The summed E-state index contributed by atoms with van der Waals surface area (Å²) < 4.78 is 0.940. The van der Waals surface area contributed by atoms with Crippen LogP contribution in [0.25, 0.3) is 0 Å². The van der Waals surface area contributed by atoms with E-state index in [0.717, 1.165) is 10.0 Å². The minimum Gasteiger partial charge on any atom is -0.480 e. The molecule has 0 fully saturated rings. The Morgan fingerprint density at radius 2 is 1.81 bits per heavy atom. The van der Waals surface area contributed by atoms with E-state index in [0.29, 0.717) is 0 Å². The molecule has 0 spiro atoms. The Bertz CT molecular complexity index is 530. The molecule has 0 aliphatic rings. The maximum Gasteiger partial charge on any atom is 0.326 e. The number of primary amides is 1. The zero-order valence-corrected chi connectivity index (χ0v) is 13.1. The van der Waals surface area contributed by atoms with E-state index < -0.39 is 30.2 Å². The van der Waals surface area contributed by atoms with E-state index in [1.165, 1.54) is 0 Å². The Labute approximate surface area is 130 Å².